The van der Waals surface area contributed by atoms with Crippen LogP contribution in [-0.4, -0.2) is 97.5 Å². The normalized spacial score (nSPS) is 19.9. The summed E-state index contributed by atoms with van der Waals surface area (Å²) in [4.78, 5) is 12.9. The number of hydrogen-bond donors (Lipinski definition) is 4. The van der Waals surface area contributed by atoms with Crippen LogP contribution in [-0.2, 0) is 38.3 Å². The maximum Gasteiger partial charge on any atom is 0.397 e. The van der Waals surface area contributed by atoms with Crippen LogP contribution >= 0.6 is 0 Å². The molecule has 1 rings (SSSR count). The molecule has 0 radical (unpaired) electrons. The van der Waals surface area contributed by atoms with Crippen LogP contribution in [0.5, 0.6) is 0 Å². The Labute approximate surface area is 379 Å². The van der Waals surface area contributed by atoms with Crippen LogP contribution in [0, 0.1) is 0 Å². The standard InChI is InChI=1S/C49H96O12S/c1-3-5-7-9-11-13-15-16-17-18-19-20-21-22-23-24-25-26-27-28-30-32-34-36-38-45(51)59-43(41-57-39-37-35-33-31-29-14-12-10-8-6-4-2)42-58-49-47(53)48(61-62(54,55)56)46(52)44(40-50)60-49/h43-44,46-50,52-53H,3-42H2,1-2H3,(H,54,55,56). The molecule has 1 saturated heterocycles. The van der Waals surface area contributed by atoms with Gasteiger partial charge >= 0.3 is 16.4 Å². The summed E-state index contributed by atoms with van der Waals surface area (Å²) >= 11 is 0. The Kier molecular flexibility index (Phi) is 39.6. The van der Waals surface area contributed by atoms with Gasteiger partial charge in [0, 0.05) is 13.0 Å². The number of aliphatic hydroxyl groups is 3. The molecule has 1 fully saturated rings. The average molecular weight is 909 g/mol. The molecule has 1 heterocycles. The van der Waals surface area contributed by atoms with Gasteiger partial charge < -0.3 is 34.3 Å². The molecule has 62 heavy (non-hydrogen) atoms. The van der Waals surface area contributed by atoms with Gasteiger partial charge in [-0.25, -0.2) is 4.18 Å². The summed E-state index contributed by atoms with van der Waals surface area (Å²) in [5.74, 6) is -0.392. The lowest BCUT2D eigenvalue weighted by Crippen LogP contribution is -2.60. The minimum absolute atomic E-state index is 0.0444. The molecule has 0 aromatic rings. The number of hydrogen-bond acceptors (Lipinski definition) is 11. The molecule has 0 bridgehead atoms. The van der Waals surface area contributed by atoms with Gasteiger partial charge in [0.2, 0.25) is 0 Å². The van der Waals surface area contributed by atoms with Crippen molar-refractivity contribution in [1.29, 1.82) is 0 Å². The van der Waals surface area contributed by atoms with E-state index in [1.54, 1.807) is 0 Å². The van der Waals surface area contributed by atoms with E-state index < -0.39 is 59.8 Å². The monoisotopic (exact) mass is 909 g/mol. The number of rotatable bonds is 46. The summed E-state index contributed by atoms with van der Waals surface area (Å²) in [6.45, 7) is 4.04. The Morgan fingerprint density at radius 3 is 1.29 bits per heavy atom. The van der Waals surface area contributed by atoms with Crippen LogP contribution in [0.15, 0.2) is 0 Å². The van der Waals surface area contributed by atoms with Gasteiger partial charge in [0.15, 0.2) is 6.29 Å². The lowest BCUT2D eigenvalue weighted by molar-refractivity contribution is -0.301. The van der Waals surface area contributed by atoms with Crippen molar-refractivity contribution in [3.8, 4) is 0 Å². The SMILES string of the molecule is CCCCCCCCCCCCCCCCCCCCCCCCCCC(=O)OC(COCCCCCCCCCCCCC)COC1OC(CO)C(O)C(OS(=O)(=O)O)C1O. The van der Waals surface area contributed by atoms with Crippen molar-refractivity contribution in [2.24, 2.45) is 0 Å². The van der Waals surface area contributed by atoms with Crippen molar-refractivity contribution in [2.45, 2.75) is 282 Å². The molecule has 1 aliphatic heterocycles. The molecule has 0 saturated carbocycles. The summed E-state index contributed by atoms with van der Waals surface area (Å²) in [5, 5.41) is 30.7. The highest BCUT2D eigenvalue weighted by molar-refractivity contribution is 7.80. The first-order valence-electron chi connectivity index (χ1n) is 25.8. The maximum atomic E-state index is 12.9. The Bertz CT molecular complexity index is 1090. The summed E-state index contributed by atoms with van der Waals surface area (Å²) in [5.41, 5.74) is 0. The molecule has 0 spiro atoms. The zero-order chi connectivity index (χ0) is 45.4. The van der Waals surface area contributed by atoms with E-state index in [1.807, 2.05) is 0 Å². The van der Waals surface area contributed by atoms with E-state index in [-0.39, 0.29) is 19.6 Å². The van der Waals surface area contributed by atoms with Gasteiger partial charge in [0.1, 0.15) is 30.5 Å². The van der Waals surface area contributed by atoms with Gasteiger partial charge in [0.25, 0.3) is 0 Å². The highest BCUT2D eigenvalue weighted by Gasteiger charge is 2.48. The average Bonchev–Trinajstić information content (AvgIpc) is 3.24. The van der Waals surface area contributed by atoms with Crippen LogP contribution < -0.4 is 0 Å². The van der Waals surface area contributed by atoms with Crippen molar-refractivity contribution < 1.29 is 56.2 Å². The second-order valence-electron chi connectivity index (χ2n) is 18.1. The fourth-order valence-corrected chi connectivity index (χ4v) is 8.83. The van der Waals surface area contributed by atoms with Crippen molar-refractivity contribution >= 4 is 16.4 Å². The largest absolute Gasteiger partial charge is 0.457 e. The van der Waals surface area contributed by atoms with E-state index in [9.17, 15) is 28.5 Å². The lowest BCUT2D eigenvalue weighted by Gasteiger charge is -2.41. The number of unbranched alkanes of at least 4 members (excludes halogenated alkanes) is 33. The first-order chi connectivity index (χ1) is 30.1. The van der Waals surface area contributed by atoms with Gasteiger partial charge in [-0.1, -0.05) is 226 Å². The van der Waals surface area contributed by atoms with E-state index in [0.717, 1.165) is 38.5 Å². The van der Waals surface area contributed by atoms with E-state index in [2.05, 4.69) is 18.0 Å². The molecule has 13 heteroatoms. The smallest absolute Gasteiger partial charge is 0.397 e. The third-order valence-corrected chi connectivity index (χ3v) is 12.7. The highest BCUT2D eigenvalue weighted by atomic mass is 32.3. The third-order valence-electron chi connectivity index (χ3n) is 12.2. The summed E-state index contributed by atoms with van der Waals surface area (Å²) in [6.07, 6.45) is 35.8. The molecular weight excluding hydrogens is 813 g/mol. The Balaban J connectivity index is 2.27. The van der Waals surface area contributed by atoms with Gasteiger partial charge in [-0.05, 0) is 12.8 Å². The van der Waals surface area contributed by atoms with Crippen LogP contribution in [0.1, 0.15) is 245 Å². The van der Waals surface area contributed by atoms with Crippen molar-refractivity contribution in [3.63, 3.8) is 0 Å². The zero-order valence-corrected chi connectivity index (χ0v) is 40.5. The fourth-order valence-electron chi connectivity index (χ4n) is 8.32. The molecule has 6 atom stereocenters. The summed E-state index contributed by atoms with van der Waals surface area (Å²) in [7, 11) is -5.06. The molecule has 0 aliphatic carbocycles. The maximum absolute atomic E-state index is 12.9. The Hall–Kier alpha value is -0.900. The molecule has 0 amide bonds. The predicted molar refractivity (Wildman–Crippen MR) is 248 cm³/mol. The van der Waals surface area contributed by atoms with Crippen LogP contribution in [0.4, 0.5) is 0 Å². The second kappa shape index (κ2) is 41.5. The van der Waals surface area contributed by atoms with E-state index in [4.69, 9.17) is 23.5 Å². The van der Waals surface area contributed by atoms with Gasteiger partial charge in [0.05, 0.1) is 19.8 Å². The number of carbonyl (C=O) groups is 1. The van der Waals surface area contributed by atoms with Crippen molar-refractivity contribution in [3.05, 3.63) is 0 Å². The minimum atomic E-state index is -5.06. The summed E-state index contributed by atoms with van der Waals surface area (Å²) < 4.78 is 59.1. The second-order valence-corrected chi connectivity index (χ2v) is 19.2. The number of esters is 1. The van der Waals surface area contributed by atoms with E-state index >= 15 is 0 Å². The predicted octanol–water partition coefficient (Wildman–Crippen LogP) is 11.6. The third kappa shape index (κ3) is 34.4. The van der Waals surface area contributed by atoms with Crippen molar-refractivity contribution in [1.82, 2.24) is 0 Å². The number of carbonyl (C=O) groups excluding carboxylic acids is 1. The molecule has 12 nitrogen and oxygen atoms in total. The number of aliphatic hydroxyl groups excluding tert-OH is 3. The quantitative estimate of drug-likeness (QED) is 0.0258. The van der Waals surface area contributed by atoms with Crippen LogP contribution in [0.2, 0.25) is 0 Å². The van der Waals surface area contributed by atoms with Crippen LogP contribution in [0.25, 0.3) is 0 Å². The molecule has 370 valence electrons. The fraction of sp³-hybridized carbons (Fsp3) is 0.980. The highest BCUT2D eigenvalue weighted by Crippen LogP contribution is 2.26. The first kappa shape index (κ1) is 59.1. The Morgan fingerprint density at radius 2 is 0.919 bits per heavy atom. The van der Waals surface area contributed by atoms with E-state index in [0.29, 0.717) is 13.0 Å². The van der Waals surface area contributed by atoms with Crippen LogP contribution in [0.3, 0.4) is 0 Å². The van der Waals surface area contributed by atoms with Gasteiger partial charge in [-0.3, -0.25) is 9.35 Å². The van der Waals surface area contributed by atoms with E-state index in [1.165, 1.54) is 180 Å². The first-order valence-corrected chi connectivity index (χ1v) is 27.2. The number of ether oxygens (including phenoxy) is 4. The summed E-state index contributed by atoms with van der Waals surface area (Å²) in [6, 6.07) is 0. The topological polar surface area (TPSA) is 178 Å². The molecule has 0 aromatic carbocycles. The molecule has 0 aromatic heterocycles. The molecule has 1 aliphatic rings. The lowest BCUT2D eigenvalue weighted by atomic mass is 9.99. The molecule has 6 unspecified atom stereocenters. The van der Waals surface area contributed by atoms with Crippen molar-refractivity contribution in [2.75, 3.05) is 26.4 Å². The minimum Gasteiger partial charge on any atom is -0.457 e. The molecular formula is C49H96O12S. The Morgan fingerprint density at radius 1 is 0.548 bits per heavy atom. The van der Waals surface area contributed by atoms with Gasteiger partial charge in [-0.15, -0.1) is 0 Å². The zero-order valence-electron chi connectivity index (χ0n) is 39.7. The van der Waals surface area contributed by atoms with Gasteiger partial charge in [-0.2, -0.15) is 8.42 Å². The molecule has 4 N–H and O–H groups in total.